The van der Waals surface area contributed by atoms with Crippen LogP contribution in [0.3, 0.4) is 0 Å². The third kappa shape index (κ3) is 7.53. The first kappa shape index (κ1) is 23.2. The quantitative estimate of drug-likeness (QED) is 0.255. The molecule has 4 rings (SSSR count). The molecule has 1 aromatic heterocycles. The molecule has 0 bridgehead atoms. The van der Waals surface area contributed by atoms with Gasteiger partial charge in [-0.15, -0.1) is 0 Å². The molecular weight excluding hydrogens is 412 g/mol. The Kier molecular flexibility index (Phi) is 9.06. The lowest BCUT2D eigenvalue weighted by molar-refractivity contribution is 0.112. The molecule has 0 spiro atoms. The number of nitrogens with zero attached hydrogens (tertiary/aromatic N) is 1. The van der Waals surface area contributed by atoms with E-state index >= 15 is 0 Å². The van der Waals surface area contributed by atoms with Crippen molar-refractivity contribution in [2.24, 2.45) is 0 Å². The number of nitrogens with one attached hydrogen (secondary N) is 1. The topological polar surface area (TPSA) is 56.5 Å². The van der Waals surface area contributed by atoms with E-state index in [1.807, 2.05) is 36.4 Å². The van der Waals surface area contributed by atoms with Gasteiger partial charge in [0, 0.05) is 25.3 Å². The Labute approximate surface area is 195 Å². The van der Waals surface area contributed by atoms with Gasteiger partial charge in [-0.25, -0.2) is 4.98 Å². The van der Waals surface area contributed by atoms with Crippen LogP contribution in [0.15, 0.2) is 83.3 Å². The number of benzene rings is 3. The van der Waals surface area contributed by atoms with E-state index in [9.17, 15) is 0 Å². The highest BCUT2D eigenvalue weighted by atomic mass is 16.5. The summed E-state index contributed by atoms with van der Waals surface area (Å²) in [6.07, 6.45) is 3.39. The van der Waals surface area contributed by atoms with Gasteiger partial charge in [-0.1, -0.05) is 54.6 Å². The molecule has 0 aliphatic heterocycles. The average Bonchev–Trinajstić information content (AvgIpc) is 3.30. The van der Waals surface area contributed by atoms with Gasteiger partial charge in [-0.3, -0.25) is 0 Å². The number of ether oxygens (including phenoxy) is 2. The summed E-state index contributed by atoms with van der Waals surface area (Å²) in [5.74, 6) is 0.645. The first-order valence-corrected chi connectivity index (χ1v) is 11.7. The van der Waals surface area contributed by atoms with Crippen molar-refractivity contribution in [2.75, 3.05) is 32.9 Å². The molecule has 172 valence electrons. The molecule has 0 saturated carbocycles. The number of unbranched alkanes of at least 4 members (excludes halogenated alkanes) is 1. The Bertz CT molecular complexity index is 1040. The van der Waals surface area contributed by atoms with Crippen molar-refractivity contribution in [3.05, 3.63) is 90.0 Å². The average molecular weight is 445 g/mol. The van der Waals surface area contributed by atoms with Crippen molar-refractivity contribution >= 4 is 11.1 Å². The predicted octanol–water partition coefficient (Wildman–Crippen LogP) is 5.64. The van der Waals surface area contributed by atoms with E-state index in [0.717, 1.165) is 61.4 Å². The van der Waals surface area contributed by atoms with Crippen LogP contribution in [0.5, 0.6) is 0 Å². The zero-order valence-corrected chi connectivity index (χ0v) is 19.0. The maximum absolute atomic E-state index is 5.82. The maximum Gasteiger partial charge on any atom is 0.227 e. The molecule has 0 unspecified atom stereocenters. The Morgan fingerprint density at radius 1 is 0.697 bits per heavy atom. The lowest BCUT2D eigenvalue weighted by Crippen LogP contribution is -2.24. The van der Waals surface area contributed by atoms with E-state index in [1.54, 1.807) is 0 Å². The second-order valence-corrected chi connectivity index (χ2v) is 8.04. The zero-order valence-electron chi connectivity index (χ0n) is 19.0. The van der Waals surface area contributed by atoms with Crippen molar-refractivity contribution in [3.63, 3.8) is 0 Å². The summed E-state index contributed by atoms with van der Waals surface area (Å²) >= 11 is 0. The molecule has 3 aromatic carbocycles. The Balaban J connectivity index is 1.02. The van der Waals surface area contributed by atoms with E-state index in [2.05, 4.69) is 52.8 Å². The number of aromatic nitrogens is 1. The molecular formula is C28H32N2O3. The number of fused-ring (bicyclic) bond motifs is 1. The van der Waals surface area contributed by atoms with Gasteiger partial charge in [0.2, 0.25) is 5.89 Å². The van der Waals surface area contributed by atoms with Crippen molar-refractivity contribution in [2.45, 2.75) is 25.9 Å². The monoisotopic (exact) mass is 444 g/mol. The molecule has 5 nitrogen and oxygen atoms in total. The SMILES string of the molecule is c1ccc(CCCCOCCNCCOCc2ccc(-c3nc4ccccc4o3)cc2)cc1. The number of aryl methyl sites for hydroxylation is 1. The lowest BCUT2D eigenvalue weighted by atomic mass is 10.1. The summed E-state index contributed by atoms with van der Waals surface area (Å²) in [6.45, 7) is 4.49. The Morgan fingerprint density at radius 3 is 2.27 bits per heavy atom. The van der Waals surface area contributed by atoms with Crippen LogP contribution in [0, 0.1) is 0 Å². The van der Waals surface area contributed by atoms with Crippen LogP contribution in [0.2, 0.25) is 0 Å². The predicted molar refractivity (Wildman–Crippen MR) is 132 cm³/mol. The van der Waals surface area contributed by atoms with E-state index < -0.39 is 0 Å². The molecule has 0 saturated heterocycles. The minimum absolute atomic E-state index is 0.591. The number of para-hydroxylation sites is 2. The summed E-state index contributed by atoms with van der Waals surface area (Å²) in [4.78, 5) is 4.54. The van der Waals surface area contributed by atoms with Gasteiger partial charge < -0.3 is 19.2 Å². The van der Waals surface area contributed by atoms with Crippen LogP contribution in [-0.4, -0.2) is 37.9 Å². The van der Waals surface area contributed by atoms with Gasteiger partial charge in [-0.2, -0.15) is 0 Å². The molecule has 4 aromatic rings. The van der Waals surface area contributed by atoms with Gasteiger partial charge in [0.15, 0.2) is 5.58 Å². The summed E-state index contributed by atoms with van der Waals surface area (Å²) in [5, 5.41) is 3.36. The van der Waals surface area contributed by atoms with Gasteiger partial charge in [-0.05, 0) is 54.7 Å². The van der Waals surface area contributed by atoms with Gasteiger partial charge in [0.05, 0.1) is 19.8 Å². The number of hydrogen-bond donors (Lipinski definition) is 1. The van der Waals surface area contributed by atoms with Crippen molar-refractivity contribution in [3.8, 4) is 11.5 Å². The van der Waals surface area contributed by atoms with Crippen LogP contribution >= 0.6 is 0 Å². The van der Waals surface area contributed by atoms with Gasteiger partial charge in [0.25, 0.3) is 0 Å². The molecule has 0 fully saturated rings. The van der Waals surface area contributed by atoms with Crippen LogP contribution in [0.4, 0.5) is 0 Å². The van der Waals surface area contributed by atoms with E-state index in [0.29, 0.717) is 19.1 Å². The largest absolute Gasteiger partial charge is 0.436 e. The van der Waals surface area contributed by atoms with Crippen LogP contribution in [-0.2, 0) is 22.5 Å². The van der Waals surface area contributed by atoms with E-state index in [4.69, 9.17) is 13.9 Å². The van der Waals surface area contributed by atoms with Crippen molar-refractivity contribution in [1.82, 2.24) is 10.3 Å². The zero-order chi connectivity index (χ0) is 22.6. The fraction of sp³-hybridized carbons (Fsp3) is 0.321. The highest BCUT2D eigenvalue weighted by Gasteiger charge is 2.07. The number of hydrogen-bond acceptors (Lipinski definition) is 5. The molecule has 0 amide bonds. The van der Waals surface area contributed by atoms with Gasteiger partial charge >= 0.3 is 0 Å². The molecule has 0 radical (unpaired) electrons. The first-order valence-electron chi connectivity index (χ1n) is 11.7. The summed E-state index contributed by atoms with van der Waals surface area (Å²) in [7, 11) is 0. The number of oxazole rings is 1. The maximum atomic E-state index is 5.82. The van der Waals surface area contributed by atoms with E-state index in [1.165, 1.54) is 12.0 Å². The highest BCUT2D eigenvalue weighted by Crippen LogP contribution is 2.24. The molecule has 1 N–H and O–H groups in total. The second-order valence-electron chi connectivity index (χ2n) is 8.04. The minimum atomic E-state index is 0.591. The molecule has 0 aliphatic rings. The molecule has 0 aliphatic carbocycles. The highest BCUT2D eigenvalue weighted by molar-refractivity contribution is 5.75. The summed E-state index contributed by atoms with van der Waals surface area (Å²) < 4.78 is 17.3. The van der Waals surface area contributed by atoms with Crippen LogP contribution in [0.1, 0.15) is 24.0 Å². The number of rotatable bonds is 14. The fourth-order valence-corrected chi connectivity index (χ4v) is 3.62. The molecule has 5 heteroatoms. The Morgan fingerprint density at radius 2 is 1.45 bits per heavy atom. The lowest BCUT2D eigenvalue weighted by Gasteiger charge is -2.08. The summed E-state index contributed by atoms with van der Waals surface area (Å²) in [5.41, 5.74) is 5.19. The second kappa shape index (κ2) is 12.9. The fourth-order valence-electron chi connectivity index (χ4n) is 3.62. The normalized spacial score (nSPS) is 11.3. The standard InChI is InChI=1S/C28H32N2O3/c1-2-8-23(9-3-1)10-6-7-19-31-20-17-29-18-21-32-22-24-13-15-25(16-14-24)28-30-26-11-4-5-12-27(26)33-28/h1-5,8-9,11-16,29H,6-7,10,17-22H2. The van der Waals surface area contributed by atoms with Crippen molar-refractivity contribution in [1.29, 1.82) is 0 Å². The van der Waals surface area contributed by atoms with Crippen molar-refractivity contribution < 1.29 is 13.9 Å². The van der Waals surface area contributed by atoms with Crippen LogP contribution < -0.4 is 5.32 Å². The Hall–Kier alpha value is -2.99. The molecule has 33 heavy (non-hydrogen) atoms. The third-order valence-corrected chi connectivity index (χ3v) is 5.46. The van der Waals surface area contributed by atoms with Gasteiger partial charge in [0.1, 0.15) is 5.52 Å². The molecule has 0 atom stereocenters. The molecule has 1 heterocycles. The third-order valence-electron chi connectivity index (χ3n) is 5.46. The minimum Gasteiger partial charge on any atom is -0.436 e. The first-order chi connectivity index (χ1) is 16.4. The van der Waals surface area contributed by atoms with E-state index in [-0.39, 0.29) is 0 Å². The smallest absolute Gasteiger partial charge is 0.227 e. The van der Waals surface area contributed by atoms with Crippen LogP contribution in [0.25, 0.3) is 22.6 Å². The summed E-state index contributed by atoms with van der Waals surface area (Å²) in [6, 6.07) is 26.6.